The zero-order chi connectivity index (χ0) is 19.5. The number of phenols is 1. The number of nitrogens with zero attached hydrogens (tertiary/aromatic N) is 4. The number of hydrogen-bond acceptors (Lipinski definition) is 6. The molecule has 0 aliphatic rings. The van der Waals surface area contributed by atoms with Crippen molar-refractivity contribution in [1.29, 1.82) is 0 Å². The van der Waals surface area contributed by atoms with Gasteiger partial charge in [-0.1, -0.05) is 18.2 Å². The molecule has 0 aliphatic carbocycles. The Hall–Kier alpha value is -3.67. The summed E-state index contributed by atoms with van der Waals surface area (Å²) in [7, 11) is 3.53. The summed E-state index contributed by atoms with van der Waals surface area (Å²) in [5.41, 5.74) is 2.75. The Morgan fingerprint density at radius 2 is 1.89 bits per heavy atom. The predicted octanol–water partition coefficient (Wildman–Crippen LogP) is 4.04. The Morgan fingerprint density at radius 1 is 1.04 bits per heavy atom. The summed E-state index contributed by atoms with van der Waals surface area (Å²) in [5, 5.41) is 10.8. The molecule has 6 nitrogen and oxygen atoms in total. The lowest BCUT2D eigenvalue weighted by molar-refractivity contribution is 0.373. The van der Waals surface area contributed by atoms with Crippen molar-refractivity contribution in [1.82, 2.24) is 15.0 Å². The van der Waals surface area contributed by atoms with E-state index in [1.807, 2.05) is 55.6 Å². The van der Waals surface area contributed by atoms with Gasteiger partial charge in [-0.15, -0.1) is 0 Å². The number of para-hydroxylation sites is 1. The van der Waals surface area contributed by atoms with E-state index in [0.29, 0.717) is 18.1 Å². The van der Waals surface area contributed by atoms with E-state index in [1.54, 1.807) is 25.6 Å². The Kier molecular flexibility index (Phi) is 4.76. The molecule has 0 spiro atoms. The summed E-state index contributed by atoms with van der Waals surface area (Å²) >= 11 is 0. The van der Waals surface area contributed by atoms with E-state index in [1.165, 1.54) is 0 Å². The second-order valence-electron chi connectivity index (χ2n) is 6.49. The first kappa shape index (κ1) is 17.7. The highest BCUT2D eigenvalue weighted by atomic mass is 16.5. The molecule has 2 aromatic carbocycles. The fourth-order valence-corrected chi connectivity index (χ4v) is 3.14. The molecule has 0 radical (unpaired) electrons. The second kappa shape index (κ2) is 7.52. The highest BCUT2D eigenvalue weighted by Crippen LogP contribution is 2.30. The standard InChI is InChI=1S/C22H20N4O2/c1-26(14-15-9-10-19(27)20(12-15)28-2)22-17-7-3-4-8-18(17)24-21(25-22)16-6-5-11-23-13-16/h3-13,27H,14H2,1-2H3. The molecular formula is C22H20N4O2. The van der Waals surface area contributed by atoms with Crippen LogP contribution in [0.25, 0.3) is 22.3 Å². The van der Waals surface area contributed by atoms with Crippen molar-refractivity contribution >= 4 is 16.7 Å². The number of pyridine rings is 1. The molecule has 0 fully saturated rings. The van der Waals surface area contributed by atoms with Crippen molar-refractivity contribution in [3.05, 3.63) is 72.6 Å². The number of anilines is 1. The molecule has 0 amide bonds. The van der Waals surface area contributed by atoms with Crippen molar-refractivity contribution in [2.75, 3.05) is 19.1 Å². The van der Waals surface area contributed by atoms with Gasteiger partial charge in [0.1, 0.15) is 5.82 Å². The maximum Gasteiger partial charge on any atom is 0.163 e. The molecule has 140 valence electrons. The Morgan fingerprint density at radius 3 is 2.68 bits per heavy atom. The first-order valence-electron chi connectivity index (χ1n) is 8.90. The molecule has 0 bridgehead atoms. The number of fused-ring (bicyclic) bond motifs is 1. The quantitative estimate of drug-likeness (QED) is 0.570. The van der Waals surface area contributed by atoms with Gasteiger partial charge in [-0.05, 0) is 42.0 Å². The fraction of sp³-hybridized carbons (Fsp3) is 0.136. The Labute approximate surface area is 163 Å². The van der Waals surface area contributed by atoms with Crippen LogP contribution in [0.3, 0.4) is 0 Å². The van der Waals surface area contributed by atoms with Crippen LogP contribution in [-0.2, 0) is 6.54 Å². The lowest BCUT2D eigenvalue weighted by Crippen LogP contribution is -2.18. The smallest absolute Gasteiger partial charge is 0.163 e. The molecule has 28 heavy (non-hydrogen) atoms. The van der Waals surface area contributed by atoms with Gasteiger partial charge < -0.3 is 14.7 Å². The zero-order valence-electron chi connectivity index (χ0n) is 15.7. The number of aromatic nitrogens is 3. The van der Waals surface area contributed by atoms with Crippen molar-refractivity contribution in [2.45, 2.75) is 6.54 Å². The van der Waals surface area contributed by atoms with Gasteiger partial charge in [0.15, 0.2) is 17.3 Å². The largest absolute Gasteiger partial charge is 0.504 e. The number of aromatic hydroxyl groups is 1. The Balaban J connectivity index is 1.76. The third-order valence-corrected chi connectivity index (χ3v) is 4.53. The molecule has 2 aromatic heterocycles. The fourth-order valence-electron chi connectivity index (χ4n) is 3.14. The van der Waals surface area contributed by atoms with Crippen LogP contribution < -0.4 is 9.64 Å². The predicted molar refractivity (Wildman–Crippen MR) is 110 cm³/mol. The minimum Gasteiger partial charge on any atom is -0.504 e. The van der Waals surface area contributed by atoms with Crippen LogP contribution in [0.1, 0.15) is 5.56 Å². The molecule has 2 heterocycles. The number of phenolic OH excluding ortho intramolecular Hbond substituents is 1. The summed E-state index contributed by atoms with van der Waals surface area (Å²) in [5.74, 6) is 2.04. The van der Waals surface area contributed by atoms with E-state index in [4.69, 9.17) is 14.7 Å². The van der Waals surface area contributed by atoms with Crippen molar-refractivity contribution in [3.8, 4) is 22.9 Å². The van der Waals surface area contributed by atoms with Crippen molar-refractivity contribution in [2.24, 2.45) is 0 Å². The van der Waals surface area contributed by atoms with Gasteiger partial charge >= 0.3 is 0 Å². The number of benzene rings is 2. The molecule has 6 heteroatoms. The SMILES string of the molecule is COc1cc(CN(C)c2nc(-c3cccnc3)nc3ccccc23)ccc1O. The molecule has 0 atom stereocenters. The summed E-state index contributed by atoms with van der Waals surface area (Å²) in [6.45, 7) is 0.601. The molecule has 0 saturated heterocycles. The van der Waals surface area contributed by atoms with Gasteiger partial charge in [-0.3, -0.25) is 4.98 Å². The van der Waals surface area contributed by atoms with Crippen LogP contribution in [0.5, 0.6) is 11.5 Å². The molecule has 1 N–H and O–H groups in total. The third kappa shape index (κ3) is 3.44. The van der Waals surface area contributed by atoms with Crippen molar-refractivity contribution in [3.63, 3.8) is 0 Å². The van der Waals surface area contributed by atoms with E-state index in [2.05, 4.69) is 9.88 Å². The maximum atomic E-state index is 9.82. The molecular weight excluding hydrogens is 352 g/mol. The first-order valence-corrected chi connectivity index (χ1v) is 8.90. The van der Waals surface area contributed by atoms with Gasteiger partial charge in [0.25, 0.3) is 0 Å². The van der Waals surface area contributed by atoms with E-state index in [-0.39, 0.29) is 5.75 Å². The average Bonchev–Trinajstić information content (AvgIpc) is 2.74. The highest BCUT2D eigenvalue weighted by Gasteiger charge is 2.14. The van der Waals surface area contributed by atoms with E-state index < -0.39 is 0 Å². The molecule has 0 saturated carbocycles. The highest BCUT2D eigenvalue weighted by molar-refractivity contribution is 5.90. The van der Waals surface area contributed by atoms with Crippen molar-refractivity contribution < 1.29 is 9.84 Å². The van der Waals surface area contributed by atoms with Gasteiger partial charge in [-0.25, -0.2) is 9.97 Å². The number of rotatable bonds is 5. The van der Waals surface area contributed by atoms with Crippen LogP contribution in [0.15, 0.2) is 67.0 Å². The maximum absolute atomic E-state index is 9.82. The van der Waals surface area contributed by atoms with E-state index >= 15 is 0 Å². The van der Waals surface area contributed by atoms with Gasteiger partial charge in [-0.2, -0.15) is 0 Å². The molecule has 0 aliphatic heterocycles. The minimum absolute atomic E-state index is 0.125. The number of ether oxygens (including phenoxy) is 1. The minimum atomic E-state index is 0.125. The zero-order valence-corrected chi connectivity index (χ0v) is 15.7. The number of hydrogen-bond donors (Lipinski definition) is 1. The summed E-state index contributed by atoms with van der Waals surface area (Å²) in [4.78, 5) is 15.8. The summed E-state index contributed by atoms with van der Waals surface area (Å²) in [6.07, 6.45) is 3.49. The van der Waals surface area contributed by atoms with E-state index in [9.17, 15) is 5.11 Å². The molecule has 4 aromatic rings. The van der Waals surface area contributed by atoms with Crippen LogP contribution in [0.4, 0.5) is 5.82 Å². The summed E-state index contributed by atoms with van der Waals surface area (Å²) in [6, 6.07) is 17.1. The lowest BCUT2D eigenvalue weighted by atomic mass is 10.1. The first-order chi connectivity index (χ1) is 13.7. The topological polar surface area (TPSA) is 71.4 Å². The third-order valence-electron chi connectivity index (χ3n) is 4.53. The Bertz CT molecular complexity index is 1120. The van der Waals surface area contributed by atoms with Crippen LogP contribution in [0.2, 0.25) is 0 Å². The molecule has 0 unspecified atom stereocenters. The van der Waals surface area contributed by atoms with Gasteiger partial charge in [0.05, 0.1) is 12.6 Å². The number of methoxy groups -OCH3 is 1. The average molecular weight is 372 g/mol. The monoisotopic (exact) mass is 372 g/mol. The van der Waals surface area contributed by atoms with Crippen LogP contribution >= 0.6 is 0 Å². The van der Waals surface area contributed by atoms with Gasteiger partial charge in [0.2, 0.25) is 0 Å². The van der Waals surface area contributed by atoms with E-state index in [0.717, 1.165) is 27.8 Å². The lowest BCUT2D eigenvalue weighted by Gasteiger charge is -2.21. The van der Waals surface area contributed by atoms with Crippen LogP contribution in [0, 0.1) is 0 Å². The normalized spacial score (nSPS) is 10.8. The van der Waals surface area contributed by atoms with Gasteiger partial charge in [0, 0.05) is 36.9 Å². The van der Waals surface area contributed by atoms with Crippen LogP contribution in [-0.4, -0.2) is 34.2 Å². The molecule has 4 rings (SSSR count). The second-order valence-corrected chi connectivity index (χ2v) is 6.49. The summed E-state index contributed by atoms with van der Waals surface area (Å²) < 4.78 is 5.22.